The number of ether oxygens (including phenoxy) is 1. The Kier molecular flexibility index (Phi) is 4.12. The molecular weight excluding hydrogens is 322 g/mol. The zero-order valence-corrected chi connectivity index (χ0v) is 14.4. The number of imidazole rings is 1. The second kappa shape index (κ2) is 6.73. The molecule has 0 atom stereocenters. The first-order chi connectivity index (χ1) is 12.7. The zero-order valence-electron chi connectivity index (χ0n) is 14.4. The number of aryl methyl sites for hydroxylation is 1. The predicted octanol–water partition coefficient (Wildman–Crippen LogP) is 4.76. The van der Waals surface area contributed by atoms with Crippen molar-refractivity contribution in [2.75, 3.05) is 0 Å². The maximum Gasteiger partial charge on any atom is 0.179 e. The number of pyridine rings is 1. The number of fused-ring (bicyclic) bond motifs is 1. The van der Waals surface area contributed by atoms with Crippen molar-refractivity contribution < 1.29 is 4.74 Å². The minimum absolute atomic E-state index is 0.464. The first-order valence-electron chi connectivity index (χ1n) is 8.40. The van der Waals surface area contributed by atoms with Crippen LogP contribution in [-0.4, -0.2) is 9.38 Å². The van der Waals surface area contributed by atoms with Crippen LogP contribution in [0.2, 0.25) is 0 Å². The molecule has 4 heteroatoms. The summed E-state index contributed by atoms with van der Waals surface area (Å²) >= 11 is 0. The molecular formula is C22H17N3O. The smallest absolute Gasteiger partial charge is 0.179 e. The minimum Gasteiger partial charge on any atom is -0.485 e. The summed E-state index contributed by atoms with van der Waals surface area (Å²) in [5.74, 6) is 0.763. The highest BCUT2D eigenvalue weighted by atomic mass is 16.5. The standard InChI is InChI=1S/C22H17N3O/c1-16-14-25-12-4-7-21(22(25)24-16)26-15-17-8-10-18(11-9-17)20-6-3-2-5-19(20)13-23/h2-12,14H,15H2,1H3. The normalized spacial score (nSPS) is 10.6. The largest absolute Gasteiger partial charge is 0.485 e. The molecule has 0 aliphatic carbocycles. The molecule has 0 aliphatic rings. The van der Waals surface area contributed by atoms with Crippen molar-refractivity contribution in [3.63, 3.8) is 0 Å². The van der Waals surface area contributed by atoms with Gasteiger partial charge < -0.3 is 9.14 Å². The van der Waals surface area contributed by atoms with Crippen molar-refractivity contribution in [2.24, 2.45) is 0 Å². The van der Waals surface area contributed by atoms with E-state index in [1.807, 2.05) is 84.4 Å². The van der Waals surface area contributed by atoms with Crippen molar-refractivity contribution >= 4 is 5.65 Å². The average Bonchev–Trinajstić information content (AvgIpc) is 3.07. The highest BCUT2D eigenvalue weighted by Crippen LogP contribution is 2.24. The van der Waals surface area contributed by atoms with E-state index in [0.717, 1.165) is 33.8 Å². The molecule has 0 saturated heterocycles. The van der Waals surface area contributed by atoms with Crippen molar-refractivity contribution in [1.29, 1.82) is 5.26 Å². The second-order valence-electron chi connectivity index (χ2n) is 6.13. The summed E-state index contributed by atoms with van der Waals surface area (Å²) in [5, 5.41) is 9.25. The van der Waals surface area contributed by atoms with Crippen LogP contribution in [0.4, 0.5) is 0 Å². The molecule has 0 fully saturated rings. The van der Waals surface area contributed by atoms with Crippen LogP contribution in [0, 0.1) is 18.3 Å². The number of nitrogens with zero attached hydrogens (tertiary/aromatic N) is 3. The van der Waals surface area contributed by atoms with E-state index in [1.54, 1.807) is 0 Å². The molecule has 0 N–H and O–H groups in total. The Bertz CT molecular complexity index is 1100. The third kappa shape index (κ3) is 3.03. The molecule has 0 saturated carbocycles. The van der Waals surface area contributed by atoms with Gasteiger partial charge in [-0.15, -0.1) is 0 Å². The number of hydrogen-bond donors (Lipinski definition) is 0. The maximum absolute atomic E-state index is 9.25. The highest BCUT2D eigenvalue weighted by Gasteiger charge is 2.07. The van der Waals surface area contributed by atoms with Gasteiger partial charge in [0.1, 0.15) is 6.61 Å². The molecule has 0 spiro atoms. The summed E-state index contributed by atoms with van der Waals surface area (Å²) in [6.07, 6.45) is 3.94. The van der Waals surface area contributed by atoms with Gasteiger partial charge in [0.2, 0.25) is 0 Å². The fourth-order valence-electron chi connectivity index (χ4n) is 3.00. The fourth-order valence-corrected chi connectivity index (χ4v) is 3.00. The van der Waals surface area contributed by atoms with Gasteiger partial charge in [-0.1, -0.05) is 42.5 Å². The molecule has 2 aromatic carbocycles. The highest BCUT2D eigenvalue weighted by molar-refractivity contribution is 5.70. The summed E-state index contributed by atoms with van der Waals surface area (Å²) in [7, 11) is 0. The lowest BCUT2D eigenvalue weighted by Crippen LogP contribution is -1.97. The summed E-state index contributed by atoms with van der Waals surface area (Å²) < 4.78 is 7.94. The molecule has 126 valence electrons. The van der Waals surface area contributed by atoms with Crippen molar-refractivity contribution in [2.45, 2.75) is 13.5 Å². The molecule has 4 aromatic rings. The van der Waals surface area contributed by atoms with E-state index in [2.05, 4.69) is 11.1 Å². The molecule has 0 unspecified atom stereocenters. The number of rotatable bonds is 4. The van der Waals surface area contributed by atoms with Crippen molar-refractivity contribution in [3.8, 4) is 22.9 Å². The number of benzene rings is 2. The Morgan fingerprint density at radius 3 is 2.65 bits per heavy atom. The molecule has 4 nitrogen and oxygen atoms in total. The molecule has 26 heavy (non-hydrogen) atoms. The summed E-state index contributed by atoms with van der Waals surface area (Å²) in [6, 6.07) is 21.8. The Labute approximate surface area is 151 Å². The van der Waals surface area contributed by atoms with E-state index in [1.165, 1.54) is 0 Å². The van der Waals surface area contributed by atoms with Gasteiger partial charge in [0.25, 0.3) is 0 Å². The third-order valence-electron chi connectivity index (χ3n) is 4.27. The quantitative estimate of drug-likeness (QED) is 0.538. The topological polar surface area (TPSA) is 50.3 Å². The first kappa shape index (κ1) is 15.9. The van der Waals surface area contributed by atoms with E-state index >= 15 is 0 Å². The third-order valence-corrected chi connectivity index (χ3v) is 4.27. The fraction of sp³-hybridized carbons (Fsp3) is 0.0909. The lowest BCUT2D eigenvalue weighted by atomic mass is 9.99. The molecule has 2 aromatic heterocycles. The predicted molar refractivity (Wildman–Crippen MR) is 101 cm³/mol. The second-order valence-corrected chi connectivity index (χ2v) is 6.13. The molecule has 2 heterocycles. The Hall–Kier alpha value is -3.58. The Morgan fingerprint density at radius 1 is 1.04 bits per heavy atom. The number of aromatic nitrogens is 2. The SMILES string of the molecule is Cc1cn2cccc(OCc3ccc(-c4ccccc4C#N)cc3)c2n1. The van der Waals surface area contributed by atoms with Gasteiger partial charge in [-0.25, -0.2) is 4.98 Å². The van der Waals surface area contributed by atoms with Crippen LogP contribution < -0.4 is 4.74 Å². The Balaban J connectivity index is 1.54. The molecule has 0 bridgehead atoms. The molecule has 0 aliphatic heterocycles. The van der Waals surface area contributed by atoms with E-state index in [-0.39, 0.29) is 0 Å². The Morgan fingerprint density at radius 2 is 1.85 bits per heavy atom. The van der Waals surface area contributed by atoms with Crippen LogP contribution in [0.15, 0.2) is 73.1 Å². The minimum atomic E-state index is 0.464. The van der Waals surface area contributed by atoms with Crippen LogP contribution in [-0.2, 0) is 6.61 Å². The average molecular weight is 339 g/mol. The van der Waals surface area contributed by atoms with E-state index in [9.17, 15) is 5.26 Å². The number of nitriles is 1. The van der Waals surface area contributed by atoms with Gasteiger partial charge in [0, 0.05) is 12.4 Å². The first-order valence-corrected chi connectivity index (χ1v) is 8.40. The van der Waals surface area contributed by atoms with Gasteiger partial charge in [-0.2, -0.15) is 5.26 Å². The zero-order chi connectivity index (χ0) is 17.9. The number of hydrogen-bond acceptors (Lipinski definition) is 3. The van der Waals surface area contributed by atoms with Crippen LogP contribution in [0.1, 0.15) is 16.8 Å². The van der Waals surface area contributed by atoms with Gasteiger partial charge >= 0.3 is 0 Å². The van der Waals surface area contributed by atoms with Crippen LogP contribution in [0.3, 0.4) is 0 Å². The monoisotopic (exact) mass is 339 g/mol. The van der Waals surface area contributed by atoms with Gasteiger partial charge in [-0.3, -0.25) is 0 Å². The summed E-state index contributed by atoms with van der Waals surface area (Å²) in [4.78, 5) is 4.51. The summed E-state index contributed by atoms with van der Waals surface area (Å²) in [5.41, 5.74) is 5.49. The lowest BCUT2D eigenvalue weighted by Gasteiger charge is -2.09. The molecule has 0 radical (unpaired) electrons. The lowest BCUT2D eigenvalue weighted by molar-refractivity contribution is 0.308. The van der Waals surface area contributed by atoms with Crippen LogP contribution in [0.5, 0.6) is 5.75 Å². The van der Waals surface area contributed by atoms with Crippen molar-refractivity contribution in [1.82, 2.24) is 9.38 Å². The van der Waals surface area contributed by atoms with E-state index in [0.29, 0.717) is 12.2 Å². The summed E-state index contributed by atoms with van der Waals surface area (Å²) in [6.45, 7) is 2.43. The molecule has 0 amide bonds. The van der Waals surface area contributed by atoms with Gasteiger partial charge in [-0.05, 0) is 41.8 Å². The van der Waals surface area contributed by atoms with E-state index in [4.69, 9.17) is 4.74 Å². The maximum atomic E-state index is 9.25. The van der Waals surface area contributed by atoms with Gasteiger partial charge in [0.05, 0.1) is 17.3 Å². The van der Waals surface area contributed by atoms with Crippen LogP contribution >= 0.6 is 0 Å². The van der Waals surface area contributed by atoms with Crippen LogP contribution in [0.25, 0.3) is 16.8 Å². The molecule has 4 rings (SSSR count). The van der Waals surface area contributed by atoms with Crippen molar-refractivity contribution in [3.05, 3.63) is 89.9 Å². The van der Waals surface area contributed by atoms with E-state index < -0.39 is 0 Å². The van der Waals surface area contributed by atoms with Gasteiger partial charge in [0.15, 0.2) is 11.4 Å².